The Kier molecular flexibility index (Phi) is 57.2. The van der Waals surface area contributed by atoms with Crippen LogP contribution in [-0.2, 0) is 140 Å². The third-order valence-corrected chi connectivity index (χ3v) is 2.37. The molecule has 0 aliphatic carbocycles. The summed E-state index contributed by atoms with van der Waals surface area (Å²) in [6, 6.07) is 0. The maximum Gasteiger partial charge on any atom is 0.170 e. The molecule has 76 valence electrons. The first-order chi connectivity index (χ1) is 5.35. The molecule has 0 saturated carbocycles. The SMILES string of the molecule is CCCCN(CP=O)CP=O.[Y].[Y].[Y].[Y]. The first-order valence-electron chi connectivity index (χ1n) is 3.65. The molecular formula is C6H13NO2P2Y4. The molecule has 0 saturated heterocycles. The molecule has 0 aliphatic rings. The van der Waals surface area contributed by atoms with E-state index in [0.29, 0.717) is 12.6 Å². The van der Waals surface area contributed by atoms with E-state index in [1.54, 1.807) is 0 Å². The topological polar surface area (TPSA) is 37.4 Å². The number of hydrogen-bond donors (Lipinski definition) is 0. The van der Waals surface area contributed by atoms with E-state index in [0.717, 1.165) is 19.4 Å². The van der Waals surface area contributed by atoms with E-state index in [1.165, 1.54) is 0 Å². The summed E-state index contributed by atoms with van der Waals surface area (Å²) in [6.07, 6.45) is 3.18. The van der Waals surface area contributed by atoms with E-state index in [4.69, 9.17) is 0 Å². The predicted octanol–water partition coefficient (Wildman–Crippen LogP) is 2.58. The number of unbranched alkanes of at least 4 members (excludes halogenated alkanes) is 1. The van der Waals surface area contributed by atoms with Crippen LogP contribution in [0, 0.1) is 0 Å². The second-order valence-electron chi connectivity index (χ2n) is 2.29. The molecule has 0 rings (SSSR count). The second kappa shape index (κ2) is 27.0. The summed E-state index contributed by atoms with van der Waals surface area (Å²) in [5.41, 5.74) is 0. The molecule has 0 heterocycles. The Morgan fingerprint density at radius 2 is 1.33 bits per heavy atom. The molecule has 0 fully saturated rings. The van der Waals surface area contributed by atoms with Crippen molar-refractivity contribution in [2.45, 2.75) is 19.8 Å². The van der Waals surface area contributed by atoms with Gasteiger partial charge in [0, 0.05) is 131 Å². The average Bonchev–Trinajstić information content (AvgIpc) is 2.01. The van der Waals surface area contributed by atoms with Gasteiger partial charge in [0.2, 0.25) is 0 Å². The number of hydrogen-bond acceptors (Lipinski definition) is 3. The summed E-state index contributed by atoms with van der Waals surface area (Å²) in [5, 5.41) is 0. The predicted molar refractivity (Wildman–Crippen MR) is 46.6 cm³/mol. The van der Waals surface area contributed by atoms with E-state index in [-0.39, 0.29) is 148 Å². The van der Waals surface area contributed by atoms with Crippen LogP contribution >= 0.6 is 16.9 Å². The van der Waals surface area contributed by atoms with Crippen molar-refractivity contribution >= 4 is 16.9 Å². The summed E-state index contributed by atoms with van der Waals surface area (Å²) in [6.45, 7) is 2.99. The molecule has 0 aromatic rings. The van der Waals surface area contributed by atoms with Gasteiger partial charge in [-0.25, -0.2) is 0 Å². The van der Waals surface area contributed by atoms with Gasteiger partial charge >= 0.3 is 0 Å². The first-order valence-corrected chi connectivity index (χ1v) is 5.65. The fraction of sp³-hybridized carbons (Fsp3) is 1.00. The summed E-state index contributed by atoms with van der Waals surface area (Å²) in [4.78, 5) is 1.92. The van der Waals surface area contributed by atoms with E-state index >= 15 is 0 Å². The fourth-order valence-electron chi connectivity index (χ4n) is 0.731. The van der Waals surface area contributed by atoms with Gasteiger partial charge in [-0.15, -0.1) is 0 Å². The molecule has 0 aromatic heterocycles. The molecule has 0 aromatic carbocycles. The zero-order valence-electron chi connectivity index (χ0n) is 9.00. The Morgan fingerprint density at radius 3 is 1.60 bits per heavy atom. The Labute approximate surface area is 196 Å². The van der Waals surface area contributed by atoms with Gasteiger partial charge in [0.1, 0.15) is 0 Å². The minimum absolute atomic E-state index is 0. The van der Waals surface area contributed by atoms with Gasteiger partial charge in [0.25, 0.3) is 0 Å². The van der Waals surface area contributed by atoms with Crippen LogP contribution in [0.15, 0.2) is 0 Å². The molecule has 0 N–H and O–H groups in total. The van der Waals surface area contributed by atoms with Crippen LogP contribution in [0.1, 0.15) is 19.8 Å². The van der Waals surface area contributed by atoms with Crippen LogP contribution < -0.4 is 0 Å². The van der Waals surface area contributed by atoms with Crippen molar-refractivity contribution in [3.05, 3.63) is 0 Å². The van der Waals surface area contributed by atoms with Crippen molar-refractivity contribution in [3.8, 4) is 0 Å². The van der Waals surface area contributed by atoms with E-state index < -0.39 is 0 Å². The van der Waals surface area contributed by atoms with Gasteiger partial charge < -0.3 is 0 Å². The van der Waals surface area contributed by atoms with E-state index in [1.807, 2.05) is 4.90 Å². The summed E-state index contributed by atoms with van der Waals surface area (Å²) >= 11 is 0. The third-order valence-electron chi connectivity index (χ3n) is 1.34. The van der Waals surface area contributed by atoms with E-state index in [2.05, 4.69) is 6.92 Å². The van der Waals surface area contributed by atoms with Crippen LogP contribution in [0.25, 0.3) is 0 Å². The Morgan fingerprint density at radius 1 is 0.933 bits per heavy atom. The quantitative estimate of drug-likeness (QED) is 0.459. The largest absolute Gasteiger partial charge is 0.282 e. The van der Waals surface area contributed by atoms with Crippen molar-refractivity contribution in [1.82, 2.24) is 4.90 Å². The van der Waals surface area contributed by atoms with Gasteiger partial charge in [0.05, 0.1) is 12.6 Å². The van der Waals surface area contributed by atoms with Gasteiger partial charge in [-0.05, 0) is 13.0 Å². The second-order valence-corrected chi connectivity index (χ2v) is 3.37. The van der Waals surface area contributed by atoms with Gasteiger partial charge in [-0.3, -0.25) is 14.0 Å². The standard InChI is InChI=1S/C6H13NO2P2.4Y/c1-2-3-4-7(5-10-8)6-11-9;;;;/h2-6H2,1H3;;;;. The summed E-state index contributed by atoms with van der Waals surface area (Å²) in [5.74, 6) is 0. The molecule has 0 aliphatic heterocycles. The molecule has 3 nitrogen and oxygen atoms in total. The number of rotatable bonds is 7. The van der Waals surface area contributed by atoms with E-state index in [9.17, 15) is 9.13 Å². The Hall–Kier alpha value is 4.58. The normalized spacial score (nSPS) is 8.40. The van der Waals surface area contributed by atoms with Crippen LogP contribution in [0.4, 0.5) is 0 Å². The first kappa shape index (κ1) is 31.8. The van der Waals surface area contributed by atoms with Crippen molar-refractivity contribution in [3.63, 3.8) is 0 Å². The maximum atomic E-state index is 10.2. The van der Waals surface area contributed by atoms with Crippen LogP contribution in [0.2, 0.25) is 0 Å². The molecule has 9 heteroatoms. The summed E-state index contributed by atoms with van der Waals surface area (Å²) in [7, 11) is 0.224. The van der Waals surface area contributed by atoms with Crippen molar-refractivity contribution in [2.24, 2.45) is 0 Å². The Bertz CT molecular complexity index is 124. The van der Waals surface area contributed by atoms with Crippen LogP contribution in [0.5, 0.6) is 0 Å². The zero-order chi connectivity index (χ0) is 8.53. The maximum absolute atomic E-state index is 10.2. The summed E-state index contributed by atoms with van der Waals surface area (Å²) < 4.78 is 20.4. The molecule has 0 atom stereocenters. The van der Waals surface area contributed by atoms with Gasteiger partial charge in [-0.1, -0.05) is 13.3 Å². The van der Waals surface area contributed by atoms with Gasteiger partial charge in [0.15, 0.2) is 16.9 Å². The average molecular weight is 549 g/mol. The number of nitrogens with zero attached hydrogens (tertiary/aromatic N) is 1. The molecule has 0 amide bonds. The fourth-order valence-corrected chi connectivity index (χ4v) is 1.70. The van der Waals surface area contributed by atoms with Crippen LogP contribution in [0.3, 0.4) is 0 Å². The molecule has 0 unspecified atom stereocenters. The molecule has 0 bridgehead atoms. The van der Waals surface area contributed by atoms with Crippen molar-refractivity contribution in [1.29, 1.82) is 0 Å². The molecule has 15 heavy (non-hydrogen) atoms. The third kappa shape index (κ3) is 24.0. The zero-order valence-corrected chi connectivity index (χ0v) is 22.1. The smallest absolute Gasteiger partial charge is 0.170 e. The van der Waals surface area contributed by atoms with Crippen molar-refractivity contribution < 1.29 is 140 Å². The minimum atomic E-state index is 0. The molecular weight excluding hydrogens is 536 g/mol. The monoisotopic (exact) mass is 549 g/mol. The minimum Gasteiger partial charge on any atom is -0.282 e. The Balaban J connectivity index is -0.0000000833. The van der Waals surface area contributed by atoms with Gasteiger partial charge in [-0.2, -0.15) is 0 Å². The molecule has 4 radical (unpaired) electrons. The van der Waals surface area contributed by atoms with Crippen LogP contribution in [-0.4, -0.2) is 24.0 Å². The van der Waals surface area contributed by atoms with Crippen molar-refractivity contribution in [2.75, 3.05) is 19.1 Å². The molecule has 0 spiro atoms.